The third kappa shape index (κ3) is 1.55. The maximum Gasteiger partial charge on any atom is 0.163 e. The highest BCUT2D eigenvalue weighted by Crippen LogP contribution is 2.21. The maximum absolute atomic E-state index is 10.7. The van der Waals surface area contributed by atoms with Gasteiger partial charge in [0.1, 0.15) is 5.60 Å². The van der Waals surface area contributed by atoms with E-state index in [1.165, 1.54) is 27.7 Å². The fourth-order valence-corrected chi connectivity index (χ4v) is 0.431. The molecule has 0 aliphatic rings. The summed E-state index contributed by atoms with van der Waals surface area (Å²) in [6.07, 6.45) is 0. The molecule has 0 aliphatic heterocycles. The highest BCUT2D eigenvalue weighted by molar-refractivity contribution is 5.85. The second-order valence-corrected chi connectivity index (χ2v) is 3.19. The van der Waals surface area contributed by atoms with Crippen molar-refractivity contribution in [1.29, 1.82) is 0 Å². The molecule has 0 aromatic heterocycles. The van der Waals surface area contributed by atoms with Gasteiger partial charge in [-0.25, -0.2) is 0 Å². The smallest absolute Gasteiger partial charge is 0.163 e. The first kappa shape index (κ1) is 9.59. The van der Waals surface area contributed by atoms with Gasteiger partial charge in [0.25, 0.3) is 0 Å². The van der Waals surface area contributed by atoms with Crippen LogP contribution in [0.15, 0.2) is 0 Å². The summed E-state index contributed by atoms with van der Waals surface area (Å²) in [4.78, 5) is 10.7. The number of hydrogen-bond donors (Lipinski definition) is 2. The Labute approximate surface area is 60.7 Å². The Morgan fingerprint density at radius 2 is 1.50 bits per heavy atom. The molecule has 0 saturated heterocycles. The number of hydrogen-bond acceptors (Lipinski definition) is 3. The molecule has 0 amide bonds. The van der Waals surface area contributed by atoms with E-state index in [-0.39, 0.29) is 0 Å². The van der Waals surface area contributed by atoms with Gasteiger partial charge in [0.2, 0.25) is 0 Å². The van der Waals surface area contributed by atoms with Gasteiger partial charge in [-0.05, 0) is 27.7 Å². The monoisotopic (exact) mass is 146 g/mol. The van der Waals surface area contributed by atoms with E-state index in [2.05, 4.69) is 0 Å². The highest BCUT2D eigenvalue weighted by Gasteiger charge is 2.41. The van der Waals surface area contributed by atoms with Gasteiger partial charge >= 0.3 is 0 Å². The van der Waals surface area contributed by atoms with Crippen molar-refractivity contribution >= 4 is 5.78 Å². The van der Waals surface area contributed by atoms with Crippen molar-refractivity contribution in [1.82, 2.24) is 0 Å². The molecular weight excluding hydrogens is 132 g/mol. The maximum atomic E-state index is 10.7. The highest BCUT2D eigenvalue weighted by atomic mass is 16.4. The Bertz CT molecular complexity index is 141. The second-order valence-electron chi connectivity index (χ2n) is 3.19. The fraction of sp³-hybridized carbons (Fsp3) is 0.857. The molecule has 1 unspecified atom stereocenters. The molecule has 0 aliphatic carbocycles. The van der Waals surface area contributed by atoms with Crippen LogP contribution in [0.25, 0.3) is 0 Å². The van der Waals surface area contributed by atoms with Gasteiger partial charge in [0.05, 0.1) is 5.60 Å². The molecule has 3 heteroatoms. The molecule has 0 spiro atoms. The van der Waals surface area contributed by atoms with Crippen LogP contribution in [0.5, 0.6) is 0 Å². The average Bonchev–Trinajstić information content (AvgIpc) is 1.62. The summed E-state index contributed by atoms with van der Waals surface area (Å²) in [5.41, 5.74) is -3.02. The van der Waals surface area contributed by atoms with Crippen LogP contribution in [0.2, 0.25) is 0 Å². The minimum atomic E-state index is -1.65. The number of carbonyl (C=O) groups is 1. The van der Waals surface area contributed by atoms with Crippen molar-refractivity contribution in [3.63, 3.8) is 0 Å². The summed E-state index contributed by atoms with van der Waals surface area (Å²) in [5, 5.41) is 18.6. The molecule has 0 heterocycles. The van der Waals surface area contributed by atoms with E-state index in [1.807, 2.05) is 0 Å². The summed E-state index contributed by atoms with van der Waals surface area (Å²) >= 11 is 0. The number of ketones is 1. The summed E-state index contributed by atoms with van der Waals surface area (Å²) in [5.74, 6) is -0.431. The zero-order valence-electron chi connectivity index (χ0n) is 6.80. The van der Waals surface area contributed by atoms with Crippen molar-refractivity contribution in [2.45, 2.75) is 38.9 Å². The predicted molar refractivity (Wildman–Crippen MR) is 37.6 cm³/mol. The number of rotatable bonds is 2. The van der Waals surface area contributed by atoms with Crippen LogP contribution in [0, 0.1) is 0 Å². The zero-order valence-corrected chi connectivity index (χ0v) is 6.80. The number of aliphatic hydroxyl groups is 2. The van der Waals surface area contributed by atoms with Crippen LogP contribution in [0.1, 0.15) is 27.7 Å². The summed E-state index contributed by atoms with van der Waals surface area (Å²) < 4.78 is 0. The first-order chi connectivity index (χ1) is 4.19. The number of carbonyl (C=O) groups excluding carboxylic acids is 1. The van der Waals surface area contributed by atoms with E-state index in [1.54, 1.807) is 0 Å². The largest absolute Gasteiger partial charge is 0.387 e. The standard InChI is InChI=1S/C7H14O3/c1-5(8)7(4,10)6(2,3)9/h9-10H,1-4H3. The molecule has 0 aromatic rings. The van der Waals surface area contributed by atoms with E-state index < -0.39 is 17.0 Å². The molecule has 0 bridgehead atoms. The normalized spacial score (nSPS) is 18.2. The van der Waals surface area contributed by atoms with Crippen molar-refractivity contribution in [3.8, 4) is 0 Å². The van der Waals surface area contributed by atoms with Crippen LogP contribution >= 0.6 is 0 Å². The van der Waals surface area contributed by atoms with Crippen molar-refractivity contribution < 1.29 is 15.0 Å². The van der Waals surface area contributed by atoms with Gasteiger partial charge in [-0.2, -0.15) is 0 Å². The Hall–Kier alpha value is -0.410. The topological polar surface area (TPSA) is 57.5 Å². The van der Waals surface area contributed by atoms with Crippen LogP contribution in [0.3, 0.4) is 0 Å². The third-order valence-electron chi connectivity index (χ3n) is 1.88. The van der Waals surface area contributed by atoms with E-state index >= 15 is 0 Å². The molecule has 3 nitrogen and oxygen atoms in total. The lowest BCUT2D eigenvalue weighted by Crippen LogP contribution is -2.52. The van der Waals surface area contributed by atoms with Crippen molar-refractivity contribution in [2.75, 3.05) is 0 Å². The zero-order chi connectivity index (χ0) is 8.58. The molecule has 2 N–H and O–H groups in total. The van der Waals surface area contributed by atoms with Crippen LogP contribution in [-0.4, -0.2) is 27.2 Å². The van der Waals surface area contributed by atoms with E-state index in [4.69, 9.17) is 0 Å². The first-order valence-electron chi connectivity index (χ1n) is 3.15. The second kappa shape index (κ2) is 2.32. The molecule has 60 valence electrons. The molecule has 0 aromatic carbocycles. The van der Waals surface area contributed by atoms with Crippen molar-refractivity contribution in [3.05, 3.63) is 0 Å². The average molecular weight is 146 g/mol. The Morgan fingerprint density at radius 3 is 1.50 bits per heavy atom. The van der Waals surface area contributed by atoms with Gasteiger partial charge in [-0.15, -0.1) is 0 Å². The SMILES string of the molecule is CC(=O)C(C)(O)C(C)(C)O. The van der Waals surface area contributed by atoms with Crippen LogP contribution in [0.4, 0.5) is 0 Å². The van der Waals surface area contributed by atoms with Crippen molar-refractivity contribution in [2.24, 2.45) is 0 Å². The van der Waals surface area contributed by atoms with Gasteiger partial charge in [0.15, 0.2) is 5.78 Å². The van der Waals surface area contributed by atoms with Gasteiger partial charge in [-0.1, -0.05) is 0 Å². The molecule has 1 atom stereocenters. The molecule has 0 fully saturated rings. The van der Waals surface area contributed by atoms with E-state index in [0.29, 0.717) is 0 Å². The van der Waals surface area contributed by atoms with E-state index in [0.717, 1.165) is 0 Å². The Kier molecular flexibility index (Phi) is 2.23. The minimum Gasteiger partial charge on any atom is -0.387 e. The molecule has 0 rings (SSSR count). The summed E-state index contributed by atoms with van der Waals surface area (Å²) in [6.45, 7) is 5.34. The lowest BCUT2D eigenvalue weighted by Gasteiger charge is -2.32. The van der Waals surface area contributed by atoms with Crippen LogP contribution in [-0.2, 0) is 4.79 Å². The first-order valence-corrected chi connectivity index (χ1v) is 3.15. The van der Waals surface area contributed by atoms with Gasteiger partial charge in [0, 0.05) is 0 Å². The summed E-state index contributed by atoms with van der Waals surface area (Å²) in [6, 6.07) is 0. The predicted octanol–water partition coefficient (Wildman–Crippen LogP) is 0.0973. The Morgan fingerprint density at radius 1 is 1.20 bits per heavy atom. The number of Topliss-reactive ketones (excluding diaryl/α,β-unsaturated/α-hetero) is 1. The Balaban J connectivity index is 4.57. The van der Waals surface area contributed by atoms with Gasteiger partial charge < -0.3 is 10.2 Å². The quantitative estimate of drug-likeness (QED) is 0.580. The fourth-order valence-electron chi connectivity index (χ4n) is 0.431. The summed E-state index contributed by atoms with van der Waals surface area (Å²) in [7, 11) is 0. The minimum absolute atomic E-state index is 0.431. The lowest BCUT2D eigenvalue weighted by atomic mass is 9.85. The van der Waals surface area contributed by atoms with E-state index in [9.17, 15) is 15.0 Å². The third-order valence-corrected chi connectivity index (χ3v) is 1.88. The molecule has 10 heavy (non-hydrogen) atoms. The van der Waals surface area contributed by atoms with Crippen LogP contribution < -0.4 is 0 Å². The lowest BCUT2D eigenvalue weighted by molar-refractivity contribution is -0.159. The van der Waals surface area contributed by atoms with Gasteiger partial charge in [-0.3, -0.25) is 4.79 Å². The molecule has 0 radical (unpaired) electrons. The molecule has 0 saturated carbocycles. The molecular formula is C7H14O3.